The molecule has 1 unspecified atom stereocenters. The lowest BCUT2D eigenvalue weighted by atomic mass is 9.96. The third-order valence-corrected chi connectivity index (χ3v) is 4.71. The van der Waals surface area contributed by atoms with Crippen molar-refractivity contribution in [2.45, 2.75) is 31.7 Å². The number of piperidine rings is 1. The summed E-state index contributed by atoms with van der Waals surface area (Å²) in [7, 11) is 1.59. The second-order valence-corrected chi connectivity index (χ2v) is 6.41. The van der Waals surface area contributed by atoms with Crippen molar-refractivity contribution in [3.05, 3.63) is 12.3 Å². The number of hydrogen-bond donors (Lipinski definition) is 2. The van der Waals surface area contributed by atoms with E-state index in [1.165, 1.54) is 12.8 Å². The van der Waals surface area contributed by atoms with Gasteiger partial charge in [0.1, 0.15) is 0 Å². The molecule has 1 aliphatic carbocycles. The normalized spacial score (nSPS) is 18.6. The molecule has 1 saturated heterocycles. The number of rotatable bonds is 6. The first-order chi connectivity index (χ1) is 11.2. The van der Waals surface area contributed by atoms with Gasteiger partial charge in [-0.25, -0.2) is 4.98 Å². The van der Waals surface area contributed by atoms with Crippen LogP contribution in [0.5, 0.6) is 5.88 Å². The number of hydrogen-bond acceptors (Lipinski definition) is 6. The summed E-state index contributed by atoms with van der Waals surface area (Å²) in [5.74, 6) is 2.03. The molecule has 1 aromatic heterocycles. The van der Waals surface area contributed by atoms with E-state index in [2.05, 4.69) is 20.2 Å². The zero-order valence-corrected chi connectivity index (χ0v) is 16.0. The van der Waals surface area contributed by atoms with Crippen LogP contribution in [0, 0.1) is 11.8 Å². The molecule has 1 aliphatic heterocycles. The quantitative estimate of drug-likeness (QED) is 0.760. The first kappa shape index (κ1) is 21.7. The molecule has 1 aromatic rings. The molecule has 0 bridgehead atoms. The highest BCUT2D eigenvalue weighted by Crippen LogP contribution is 2.31. The predicted molar refractivity (Wildman–Crippen MR) is 102 cm³/mol. The van der Waals surface area contributed by atoms with Gasteiger partial charge < -0.3 is 20.7 Å². The molecule has 3 rings (SSSR count). The van der Waals surface area contributed by atoms with Gasteiger partial charge in [-0.1, -0.05) is 0 Å². The molecule has 0 spiro atoms. The van der Waals surface area contributed by atoms with Crippen molar-refractivity contribution in [1.82, 2.24) is 15.3 Å². The van der Waals surface area contributed by atoms with E-state index in [1.807, 2.05) is 0 Å². The maximum absolute atomic E-state index is 12.3. The standard InChI is InChI=1S/C16H25N5O2.2ClH/c1-23-14-4-7-18-16(20-14)21-8-5-12(6-9-21)15(22)19-10-13(17)11-2-3-11;;/h4,7,11-13H,2-3,5-6,8-10,17H2,1H3,(H,19,22);2*1H. The highest BCUT2D eigenvalue weighted by molar-refractivity contribution is 5.85. The van der Waals surface area contributed by atoms with Crippen LogP contribution in [0.1, 0.15) is 25.7 Å². The number of nitrogens with zero attached hydrogens (tertiary/aromatic N) is 3. The van der Waals surface area contributed by atoms with E-state index in [-0.39, 0.29) is 42.7 Å². The van der Waals surface area contributed by atoms with Gasteiger partial charge in [0, 0.05) is 43.9 Å². The van der Waals surface area contributed by atoms with E-state index >= 15 is 0 Å². The van der Waals surface area contributed by atoms with E-state index in [4.69, 9.17) is 10.5 Å². The molecule has 142 valence electrons. The van der Waals surface area contributed by atoms with Crippen LogP contribution < -0.4 is 20.7 Å². The summed E-state index contributed by atoms with van der Waals surface area (Å²) in [6, 6.07) is 1.84. The summed E-state index contributed by atoms with van der Waals surface area (Å²) in [4.78, 5) is 23.0. The lowest BCUT2D eigenvalue weighted by molar-refractivity contribution is -0.125. The Kier molecular flexibility index (Phi) is 8.68. The molecule has 1 amide bonds. The predicted octanol–water partition coefficient (Wildman–Crippen LogP) is 1.40. The molecule has 9 heteroatoms. The first-order valence-corrected chi connectivity index (χ1v) is 8.32. The van der Waals surface area contributed by atoms with Crippen LogP contribution in [0.3, 0.4) is 0 Å². The number of nitrogens with one attached hydrogen (secondary N) is 1. The molecule has 1 saturated carbocycles. The molecule has 2 heterocycles. The van der Waals surface area contributed by atoms with Crippen LogP contribution in [-0.2, 0) is 4.79 Å². The van der Waals surface area contributed by atoms with Crippen LogP contribution in [0.4, 0.5) is 5.95 Å². The summed E-state index contributed by atoms with van der Waals surface area (Å²) in [6.45, 7) is 2.16. The molecule has 7 nitrogen and oxygen atoms in total. The third-order valence-electron chi connectivity index (χ3n) is 4.71. The maximum atomic E-state index is 12.3. The highest BCUT2D eigenvalue weighted by Gasteiger charge is 2.30. The number of nitrogens with two attached hydrogens (primary N) is 1. The second-order valence-electron chi connectivity index (χ2n) is 6.41. The lowest BCUT2D eigenvalue weighted by Crippen LogP contribution is -2.44. The minimum Gasteiger partial charge on any atom is -0.481 e. The van der Waals surface area contributed by atoms with Gasteiger partial charge in [-0.15, -0.1) is 24.8 Å². The molecule has 2 aliphatic rings. The van der Waals surface area contributed by atoms with Crippen molar-refractivity contribution in [2.24, 2.45) is 17.6 Å². The Hall–Kier alpha value is -1.31. The van der Waals surface area contributed by atoms with Crippen molar-refractivity contribution in [2.75, 3.05) is 31.6 Å². The van der Waals surface area contributed by atoms with Crippen LogP contribution in [-0.4, -0.2) is 48.7 Å². The fourth-order valence-corrected chi connectivity index (χ4v) is 2.99. The molecular weight excluding hydrogens is 365 g/mol. The number of anilines is 1. The minimum absolute atomic E-state index is 0. The Bertz CT molecular complexity index is 551. The number of halogens is 2. The molecule has 3 N–H and O–H groups in total. The van der Waals surface area contributed by atoms with E-state index in [0.717, 1.165) is 25.9 Å². The van der Waals surface area contributed by atoms with E-state index in [1.54, 1.807) is 19.4 Å². The second kappa shape index (κ2) is 9.99. The summed E-state index contributed by atoms with van der Waals surface area (Å²) in [5.41, 5.74) is 6.03. The van der Waals surface area contributed by atoms with Gasteiger partial charge in [0.25, 0.3) is 0 Å². The molecule has 1 atom stereocenters. The Labute approximate surface area is 160 Å². The van der Waals surface area contributed by atoms with Gasteiger partial charge >= 0.3 is 0 Å². The number of carbonyl (C=O) groups is 1. The highest BCUT2D eigenvalue weighted by atomic mass is 35.5. The fourth-order valence-electron chi connectivity index (χ4n) is 2.99. The summed E-state index contributed by atoms with van der Waals surface area (Å²) < 4.78 is 5.13. The Morgan fingerprint density at radius 3 is 2.64 bits per heavy atom. The van der Waals surface area contributed by atoms with Crippen molar-refractivity contribution in [3.8, 4) is 5.88 Å². The van der Waals surface area contributed by atoms with Crippen LogP contribution in [0.15, 0.2) is 12.3 Å². The number of methoxy groups -OCH3 is 1. The van der Waals surface area contributed by atoms with Crippen molar-refractivity contribution < 1.29 is 9.53 Å². The largest absolute Gasteiger partial charge is 0.481 e. The van der Waals surface area contributed by atoms with E-state index in [9.17, 15) is 4.79 Å². The van der Waals surface area contributed by atoms with E-state index < -0.39 is 0 Å². The average molecular weight is 392 g/mol. The smallest absolute Gasteiger partial charge is 0.228 e. The zero-order valence-electron chi connectivity index (χ0n) is 14.4. The van der Waals surface area contributed by atoms with Crippen molar-refractivity contribution >= 4 is 36.7 Å². The van der Waals surface area contributed by atoms with Gasteiger partial charge in [0.05, 0.1) is 7.11 Å². The Morgan fingerprint density at radius 2 is 2.04 bits per heavy atom. The van der Waals surface area contributed by atoms with Crippen molar-refractivity contribution in [1.29, 1.82) is 0 Å². The minimum atomic E-state index is 0. The lowest BCUT2D eigenvalue weighted by Gasteiger charge is -2.31. The molecular formula is C16H27Cl2N5O2. The average Bonchev–Trinajstić information content (AvgIpc) is 3.44. The summed E-state index contributed by atoms with van der Waals surface area (Å²) in [6.07, 6.45) is 5.72. The topological polar surface area (TPSA) is 93.4 Å². The monoisotopic (exact) mass is 391 g/mol. The third kappa shape index (κ3) is 5.87. The maximum Gasteiger partial charge on any atom is 0.228 e. The van der Waals surface area contributed by atoms with Crippen LogP contribution in [0.2, 0.25) is 0 Å². The first-order valence-electron chi connectivity index (χ1n) is 8.32. The number of amides is 1. The van der Waals surface area contributed by atoms with E-state index in [0.29, 0.717) is 24.3 Å². The van der Waals surface area contributed by atoms with Gasteiger partial charge in [-0.05, 0) is 31.6 Å². The number of ether oxygens (including phenoxy) is 1. The number of carbonyl (C=O) groups excluding carboxylic acids is 1. The molecule has 0 aromatic carbocycles. The molecule has 25 heavy (non-hydrogen) atoms. The summed E-state index contributed by atoms with van der Waals surface area (Å²) in [5, 5.41) is 3.01. The van der Waals surface area contributed by atoms with Gasteiger partial charge in [-0.2, -0.15) is 4.98 Å². The van der Waals surface area contributed by atoms with Crippen LogP contribution in [0.25, 0.3) is 0 Å². The Morgan fingerprint density at radius 1 is 1.36 bits per heavy atom. The SMILES string of the molecule is COc1ccnc(N2CCC(C(=O)NCC(N)C3CC3)CC2)n1.Cl.Cl. The molecule has 2 fully saturated rings. The zero-order chi connectivity index (χ0) is 16.2. The van der Waals surface area contributed by atoms with Gasteiger partial charge in [-0.3, -0.25) is 4.79 Å². The molecule has 0 radical (unpaired) electrons. The summed E-state index contributed by atoms with van der Waals surface area (Å²) >= 11 is 0. The Balaban J connectivity index is 0.00000156. The van der Waals surface area contributed by atoms with Crippen molar-refractivity contribution in [3.63, 3.8) is 0 Å². The number of aromatic nitrogens is 2. The van der Waals surface area contributed by atoms with Crippen LogP contribution >= 0.6 is 24.8 Å². The van der Waals surface area contributed by atoms with Gasteiger partial charge in [0.2, 0.25) is 17.7 Å². The fraction of sp³-hybridized carbons (Fsp3) is 0.688. The van der Waals surface area contributed by atoms with Gasteiger partial charge in [0.15, 0.2) is 0 Å².